The second-order valence-electron chi connectivity index (χ2n) is 6.96. The van der Waals surface area contributed by atoms with E-state index in [2.05, 4.69) is 27.6 Å². The standard InChI is InChI=1S/C23H22N4O2S/c1-17-11-20(29-26-17)15-30-22-8-3-2-7-21(22)23(28)25-13-18-5-4-6-19(12-18)14-27-10-9-24-16-27/h2-12,16H,13-15H2,1H3,(H,25,28). The quantitative estimate of drug-likeness (QED) is 0.428. The van der Waals surface area contributed by atoms with Crippen molar-refractivity contribution in [1.82, 2.24) is 20.0 Å². The summed E-state index contributed by atoms with van der Waals surface area (Å²) in [6, 6.07) is 17.7. The Kier molecular flexibility index (Phi) is 6.29. The van der Waals surface area contributed by atoms with Crippen LogP contribution in [0.1, 0.15) is 32.9 Å². The van der Waals surface area contributed by atoms with Crippen LogP contribution in [0, 0.1) is 6.92 Å². The maximum absolute atomic E-state index is 12.8. The lowest BCUT2D eigenvalue weighted by Gasteiger charge is -2.10. The first-order valence-corrected chi connectivity index (χ1v) is 10.6. The van der Waals surface area contributed by atoms with Gasteiger partial charge in [0.2, 0.25) is 0 Å². The van der Waals surface area contributed by atoms with Gasteiger partial charge in [-0.1, -0.05) is 41.6 Å². The van der Waals surface area contributed by atoms with Crippen molar-refractivity contribution in [3.8, 4) is 0 Å². The number of hydrogen-bond acceptors (Lipinski definition) is 5. The van der Waals surface area contributed by atoms with E-state index in [-0.39, 0.29) is 5.91 Å². The van der Waals surface area contributed by atoms with E-state index >= 15 is 0 Å². The number of aromatic nitrogens is 3. The second kappa shape index (κ2) is 9.45. The first-order valence-electron chi connectivity index (χ1n) is 9.63. The fraction of sp³-hybridized carbons (Fsp3) is 0.174. The minimum Gasteiger partial charge on any atom is -0.360 e. The van der Waals surface area contributed by atoms with Crippen molar-refractivity contribution >= 4 is 17.7 Å². The molecule has 4 rings (SSSR count). The number of benzene rings is 2. The fourth-order valence-corrected chi connectivity index (χ4v) is 4.04. The number of nitrogens with zero attached hydrogens (tertiary/aromatic N) is 3. The Labute approximate surface area is 179 Å². The Balaban J connectivity index is 1.38. The predicted octanol–water partition coefficient (Wildman–Crippen LogP) is 4.45. The van der Waals surface area contributed by atoms with Gasteiger partial charge in [-0.2, -0.15) is 0 Å². The van der Waals surface area contributed by atoms with Gasteiger partial charge in [0.25, 0.3) is 5.91 Å². The van der Waals surface area contributed by atoms with E-state index in [0.717, 1.165) is 34.0 Å². The summed E-state index contributed by atoms with van der Waals surface area (Å²) < 4.78 is 7.28. The molecular formula is C23H22N4O2S. The van der Waals surface area contributed by atoms with Crippen LogP contribution in [0.25, 0.3) is 0 Å². The van der Waals surface area contributed by atoms with Gasteiger partial charge in [0.15, 0.2) is 0 Å². The summed E-state index contributed by atoms with van der Waals surface area (Å²) in [5.74, 6) is 1.33. The van der Waals surface area contributed by atoms with Crippen molar-refractivity contribution in [2.24, 2.45) is 0 Å². The molecule has 0 spiro atoms. The molecule has 2 aromatic heterocycles. The predicted molar refractivity (Wildman–Crippen MR) is 116 cm³/mol. The molecule has 0 atom stereocenters. The number of amides is 1. The summed E-state index contributed by atoms with van der Waals surface area (Å²) in [4.78, 5) is 17.8. The maximum atomic E-state index is 12.8. The molecule has 0 unspecified atom stereocenters. The molecule has 0 fully saturated rings. The topological polar surface area (TPSA) is 73.0 Å². The lowest BCUT2D eigenvalue weighted by Crippen LogP contribution is -2.23. The molecule has 152 valence electrons. The van der Waals surface area contributed by atoms with Gasteiger partial charge in [0, 0.05) is 36.4 Å². The third-order valence-electron chi connectivity index (χ3n) is 4.55. The van der Waals surface area contributed by atoms with Crippen LogP contribution in [0.5, 0.6) is 0 Å². The van der Waals surface area contributed by atoms with Crippen LogP contribution in [0.3, 0.4) is 0 Å². The van der Waals surface area contributed by atoms with E-state index < -0.39 is 0 Å². The van der Waals surface area contributed by atoms with E-state index in [1.165, 1.54) is 0 Å². The summed E-state index contributed by atoms with van der Waals surface area (Å²) in [5, 5.41) is 6.94. The zero-order valence-electron chi connectivity index (χ0n) is 16.6. The van der Waals surface area contributed by atoms with Crippen LogP contribution in [0.4, 0.5) is 0 Å². The van der Waals surface area contributed by atoms with E-state index in [1.54, 1.807) is 24.3 Å². The van der Waals surface area contributed by atoms with Gasteiger partial charge in [-0.15, -0.1) is 11.8 Å². The molecule has 4 aromatic rings. The van der Waals surface area contributed by atoms with Crippen LogP contribution in [0.15, 0.2) is 82.7 Å². The van der Waals surface area contributed by atoms with Crippen molar-refractivity contribution < 1.29 is 9.32 Å². The average Bonchev–Trinajstić information content (AvgIpc) is 3.42. The monoisotopic (exact) mass is 418 g/mol. The molecule has 0 saturated heterocycles. The lowest BCUT2D eigenvalue weighted by molar-refractivity contribution is 0.0948. The van der Waals surface area contributed by atoms with Gasteiger partial charge in [0.05, 0.1) is 23.3 Å². The first-order chi connectivity index (χ1) is 14.7. The fourth-order valence-electron chi connectivity index (χ4n) is 3.12. The molecule has 1 amide bonds. The number of aryl methyl sites for hydroxylation is 1. The molecule has 1 N–H and O–H groups in total. The number of carbonyl (C=O) groups excluding carboxylic acids is 1. The van der Waals surface area contributed by atoms with Crippen LogP contribution in [-0.2, 0) is 18.8 Å². The number of rotatable bonds is 8. The number of thioether (sulfide) groups is 1. The van der Waals surface area contributed by atoms with Gasteiger partial charge in [-0.05, 0) is 30.2 Å². The second-order valence-corrected chi connectivity index (χ2v) is 7.97. The number of hydrogen-bond donors (Lipinski definition) is 1. The summed E-state index contributed by atoms with van der Waals surface area (Å²) in [7, 11) is 0. The van der Waals surface area contributed by atoms with Crippen LogP contribution in [0.2, 0.25) is 0 Å². The van der Waals surface area contributed by atoms with Crippen LogP contribution in [-0.4, -0.2) is 20.6 Å². The van der Waals surface area contributed by atoms with Gasteiger partial charge in [-0.25, -0.2) is 4.98 Å². The Hall–Kier alpha value is -3.32. The molecular weight excluding hydrogens is 396 g/mol. The van der Waals surface area contributed by atoms with Crippen molar-refractivity contribution in [3.63, 3.8) is 0 Å². The highest BCUT2D eigenvalue weighted by atomic mass is 32.2. The van der Waals surface area contributed by atoms with Gasteiger partial charge in [0.1, 0.15) is 5.76 Å². The van der Waals surface area contributed by atoms with Crippen LogP contribution >= 0.6 is 11.8 Å². The highest BCUT2D eigenvalue weighted by Gasteiger charge is 2.12. The molecule has 0 aliphatic rings. The van der Waals surface area contributed by atoms with E-state index in [1.807, 2.05) is 60.2 Å². The Morgan fingerprint density at radius 1 is 1.13 bits per heavy atom. The maximum Gasteiger partial charge on any atom is 0.252 e. The molecule has 6 nitrogen and oxygen atoms in total. The molecule has 0 bridgehead atoms. The minimum absolute atomic E-state index is 0.0909. The summed E-state index contributed by atoms with van der Waals surface area (Å²) >= 11 is 1.56. The van der Waals surface area contributed by atoms with Gasteiger partial charge in [-0.3, -0.25) is 4.79 Å². The van der Waals surface area contributed by atoms with Crippen molar-refractivity contribution in [3.05, 3.63) is 101 Å². The smallest absolute Gasteiger partial charge is 0.252 e. The van der Waals surface area contributed by atoms with Crippen molar-refractivity contribution in [1.29, 1.82) is 0 Å². The summed E-state index contributed by atoms with van der Waals surface area (Å²) in [5.41, 5.74) is 3.74. The molecule has 0 aliphatic heterocycles. The Morgan fingerprint density at radius 2 is 2.00 bits per heavy atom. The van der Waals surface area contributed by atoms with Gasteiger partial charge >= 0.3 is 0 Å². The highest BCUT2D eigenvalue weighted by Crippen LogP contribution is 2.26. The normalized spacial score (nSPS) is 10.8. The largest absolute Gasteiger partial charge is 0.360 e. The molecule has 7 heteroatoms. The SMILES string of the molecule is Cc1cc(CSc2ccccc2C(=O)NCc2cccc(Cn3ccnc3)c2)on1. The molecule has 30 heavy (non-hydrogen) atoms. The Bertz CT molecular complexity index is 1120. The molecule has 0 saturated carbocycles. The number of nitrogens with one attached hydrogen (secondary N) is 1. The Morgan fingerprint density at radius 3 is 2.80 bits per heavy atom. The molecule has 0 aliphatic carbocycles. The van der Waals surface area contributed by atoms with Crippen LogP contribution < -0.4 is 5.32 Å². The average molecular weight is 419 g/mol. The third-order valence-corrected chi connectivity index (χ3v) is 5.64. The summed E-state index contributed by atoms with van der Waals surface area (Å²) in [6.07, 6.45) is 5.50. The zero-order chi connectivity index (χ0) is 20.8. The highest BCUT2D eigenvalue weighted by molar-refractivity contribution is 7.98. The van der Waals surface area contributed by atoms with Gasteiger partial charge < -0.3 is 14.4 Å². The van der Waals surface area contributed by atoms with E-state index in [0.29, 0.717) is 17.9 Å². The number of carbonyl (C=O) groups is 1. The van der Waals surface area contributed by atoms with Crippen molar-refractivity contribution in [2.45, 2.75) is 30.7 Å². The third kappa shape index (κ3) is 5.18. The molecule has 2 heterocycles. The van der Waals surface area contributed by atoms with E-state index in [4.69, 9.17) is 4.52 Å². The molecule has 0 radical (unpaired) electrons. The summed E-state index contributed by atoms with van der Waals surface area (Å²) in [6.45, 7) is 3.11. The first kappa shape index (κ1) is 20.0. The zero-order valence-corrected chi connectivity index (χ0v) is 17.4. The number of imidazole rings is 1. The molecule has 2 aromatic carbocycles. The van der Waals surface area contributed by atoms with Crippen molar-refractivity contribution in [2.75, 3.05) is 0 Å². The minimum atomic E-state index is -0.0909. The lowest BCUT2D eigenvalue weighted by atomic mass is 10.1. The van der Waals surface area contributed by atoms with E-state index in [9.17, 15) is 4.79 Å².